The normalized spacial score (nSPS) is 17.6. The molecule has 30 heavy (non-hydrogen) atoms. The number of benzene rings is 1. The summed E-state index contributed by atoms with van der Waals surface area (Å²) in [5, 5.41) is 7.93. The van der Waals surface area contributed by atoms with Crippen LogP contribution in [0.4, 0.5) is 0 Å². The quantitative estimate of drug-likeness (QED) is 0.556. The fourth-order valence-electron chi connectivity index (χ4n) is 3.88. The van der Waals surface area contributed by atoms with Crippen molar-refractivity contribution in [1.82, 2.24) is 20.0 Å². The van der Waals surface area contributed by atoms with Crippen molar-refractivity contribution in [2.75, 3.05) is 33.3 Å². The second-order valence-corrected chi connectivity index (χ2v) is 9.39. The Morgan fingerprint density at radius 1 is 1.30 bits per heavy atom. The maximum atomic E-state index is 5.82. The van der Waals surface area contributed by atoms with E-state index in [4.69, 9.17) is 4.74 Å². The monoisotopic (exact) mass is 411 g/mol. The second kappa shape index (κ2) is 9.54. The van der Waals surface area contributed by atoms with Crippen LogP contribution in [0, 0.1) is 5.92 Å². The highest BCUT2D eigenvalue weighted by Crippen LogP contribution is 2.28. The molecule has 1 aromatic carbocycles. The Labute approximate surface area is 181 Å². The molecular formula is C24H37N5O. The number of aryl methyl sites for hydroxylation is 1. The van der Waals surface area contributed by atoms with Gasteiger partial charge < -0.3 is 15.0 Å². The van der Waals surface area contributed by atoms with E-state index >= 15 is 0 Å². The lowest BCUT2D eigenvalue weighted by atomic mass is 9.84. The molecule has 0 radical (unpaired) electrons. The van der Waals surface area contributed by atoms with Gasteiger partial charge in [-0.2, -0.15) is 5.10 Å². The summed E-state index contributed by atoms with van der Waals surface area (Å²) < 4.78 is 7.70. The number of nitrogens with zero attached hydrogens (tertiary/aromatic N) is 4. The molecule has 6 nitrogen and oxygen atoms in total. The van der Waals surface area contributed by atoms with E-state index in [9.17, 15) is 0 Å². The van der Waals surface area contributed by atoms with Gasteiger partial charge in [0.1, 0.15) is 5.75 Å². The maximum Gasteiger partial charge on any atom is 0.193 e. The minimum Gasteiger partial charge on any atom is -0.493 e. The molecule has 6 heteroatoms. The number of aromatic nitrogens is 2. The predicted molar refractivity (Wildman–Crippen MR) is 123 cm³/mol. The number of ether oxygens (including phenoxy) is 1. The lowest BCUT2D eigenvalue weighted by Gasteiger charge is -2.29. The molecule has 0 amide bonds. The van der Waals surface area contributed by atoms with Crippen molar-refractivity contribution in [3.05, 3.63) is 47.8 Å². The first kappa shape index (κ1) is 22.2. The zero-order valence-corrected chi connectivity index (χ0v) is 19.4. The number of nitrogens with one attached hydrogen (secondary N) is 1. The van der Waals surface area contributed by atoms with E-state index in [1.165, 1.54) is 11.1 Å². The molecule has 0 aliphatic carbocycles. The Hall–Kier alpha value is -2.50. The van der Waals surface area contributed by atoms with Crippen molar-refractivity contribution in [3.63, 3.8) is 0 Å². The van der Waals surface area contributed by atoms with Gasteiger partial charge in [-0.1, -0.05) is 39.8 Å². The lowest BCUT2D eigenvalue weighted by Crippen LogP contribution is -2.45. The SMILES string of the molecule is CN=C(NCC(C)(C)c1ccc(OCC(C)C)cc1)N1CCC(c2cnn(C)c2)C1. The molecule has 2 heterocycles. The summed E-state index contributed by atoms with van der Waals surface area (Å²) in [5.74, 6) is 2.96. The Morgan fingerprint density at radius 3 is 2.63 bits per heavy atom. The molecule has 1 unspecified atom stereocenters. The molecule has 1 atom stereocenters. The highest BCUT2D eigenvalue weighted by atomic mass is 16.5. The molecule has 1 aromatic heterocycles. The van der Waals surface area contributed by atoms with Crippen LogP contribution in [0.15, 0.2) is 41.7 Å². The smallest absolute Gasteiger partial charge is 0.193 e. The molecule has 2 aromatic rings. The fraction of sp³-hybridized carbons (Fsp3) is 0.583. The standard InChI is InChI=1S/C24H37N5O/c1-18(2)16-30-22-9-7-21(8-10-22)24(3,4)17-26-23(25-5)29-12-11-19(15-29)20-13-27-28(6)14-20/h7-10,13-14,18-19H,11-12,15-17H2,1-6H3,(H,25,26). The highest BCUT2D eigenvalue weighted by Gasteiger charge is 2.28. The molecule has 1 N–H and O–H groups in total. The number of aliphatic imine (C=N–C) groups is 1. The van der Waals surface area contributed by atoms with Gasteiger partial charge in [0.05, 0.1) is 12.8 Å². The van der Waals surface area contributed by atoms with E-state index in [0.717, 1.165) is 44.4 Å². The van der Waals surface area contributed by atoms with Crippen LogP contribution >= 0.6 is 0 Å². The van der Waals surface area contributed by atoms with E-state index in [-0.39, 0.29) is 5.41 Å². The third kappa shape index (κ3) is 5.55. The number of likely N-dealkylation sites (tertiary alicyclic amines) is 1. The first-order chi connectivity index (χ1) is 14.3. The van der Waals surface area contributed by atoms with Crippen LogP contribution in [0.5, 0.6) is 5.75 Å². The molecule has 3 rings (SSSR count). The fourth-order valence-corrected chi connectivity index (χ4v) is 3.88. The third-order valence-corrected chi connectivity index (χ3v) is 5.80. The molecule has 1 aliphatic rings. The zero-order chi connectivity index (χ0) is 21.7. The Bertz CT molecular complexity index is 838. The van der Waals surface area contributed by atoms with Gasteiger partial charge in [-0.05, 0) is 35.6 Å². The average molecular weight is 412 g/mol. The molecule has 0 bridgehead atoms. The zero-order valence-electron chi connectivity index (χ0n) is 19.4. The molecule has 164 valence electrons. The summed E-state index contributed by atoms with van der Waals surface area (Å²) in [6, 6.07) is 8.50. The summed E-state index contributed by atoms with van der Waals surface area (Å²) >= 11 is 0. The van der Waals surface area contributed by atoms with E-state index in [2.05, 4.69) is 78.5 Å². The van der Waals surface area contributed by atoms with Gasteiger partial charge >= 0.3 is 0 Å². The number of rotatable bonds is 7. The molecule has 0 spiro atoms. The van der Waals surface area contributed by atoms with E-state index in [1.807, 2.05) is 25.0 Å². The minimum absolute atomic E-state index is 0.0189. The van der Waals surface area contributed by atoms with Gasteiger partial charge in [0.15, 0.2) is 5.96 Å². The minimum atomic E-state index is -0.0189. The van der Waals surface area contributed by atoms with Crippen molar-refractivity contribution in [1.29, 1.82) is 0 Å². The van der Waals surface area contributed by atoms with Crippen LogP contribution in [0.1, 0.15) is 51.2 Å². The summed E-state index contributed by atoms with van der Waals surface area (Å²) in [4.78, 5) is 6.90. The van der Waals surface area contributed by atoms with Crippen molar-refractivity contribution < 1.29 is 4.74 Å². The largest absolute Gasteiger partial charge is 0.493 e. The molecule has 0 saturated carbocycles. The summed E-state index contributed by atoms with van der Waals surface area (Å²) in [6.45, 7) is 12.4. The average Bonchev–Trinajstić information content (AvgIpc) is 3.36. The number of hydrogen-bond donors (Lipinski definition) is 1. The van der Waals surface area contributed by atoms with Crippen molar-refractivity contribution in [2.45, 2.75) is 45.4 Å². The molecule has 1 fully saturated rings. The van der Waals surface area contributed by atoms with Crippen molar-refractivity contribution >= 4 is 5.96 Å². The summed E-state index contributed by atoms with van der Waals surface area (Å²) in [5.41, 5.74) is 2.59. The van der Waals surface area contributed by atoms with Gasteiger partial charge in [-0.25, -0.2) is 0 Å². The molecule has 1 aliphatic heterocycles. The van der Waals surface area contributed by atoms with Crippen LogP contribution in [-0.2, 0) is 12.5 Å². The van der Waals surface area contributed by atoms with E-state index < -0.39 is 0 Å². The third-order valence-electron chi connectivity index (χ3n) is 5.80. The topological polar surface area (TPSA) is 54.7 Å². The Balaban J connectivity index is 1.56. The lowest BCUT2D eigenvalue weighted by molar-refractivity contribution is 0.271. The van der Waals surface area contributed by atoms with Gasteiger partial charge in [0.2, 0.25) is 0 Å². The van der Waals surface area contributed by atoms with Crippen LogP contribution < -0.4 is 10.1 Å². The number of guanidine groups is 1. The van der Waals surface area contributed by atoms with E-state index in [1.54, 1.807) is 0 Å². The van der Waals surface area contributed by atoms with Crippen molar-refractivity contribution in [2.24, 2.45) is 18.0 Å². The van der Waals surface area contributed by atoms with Gasteiger partial charge in [0.25, 0.3) is 0 Å². The number of hydrogen-bond acceptors (Lipinski definition) is 3. The molecular weight excluding hydrogens is 374 g/mol. The summed E-state index contributed by atoms with van der Waals surface area (Å²) in [6.07, 6.45) is 5.25. The first-order valence-corrected chi connectivity index (χ1v) is 11.0. The van der Waals surface area contributed by atoms with Crippen molar-refractivity contribution in [3.8, 4) is 5.75 Å². The van der Waals surface area contributed by atoms with Crippen LogP contribution in [0.25, 0.3) is 0 Å². The Kier molecular flexibility index (Phi) is 7.06. The Morgan fingerprint density at radius 2 is 2.03 bits per heavy atom. The highest BCUT2D eigenvalue weighted by molar-refractivity contribution is 5.80. The van der Waals surface area contributed by atoms with Crippen LogP contribution in [0.3, 0.4) is 0 Å². The van der Waals surface area contributed by atoms with E-state index in [0.29, 0.717) is 11.8 Å². The van der Waals surface area contributed by atoms with Gasteiger partial charge in [0, 0.05) is 51.3 Å². The van der Waals surface area contributed by atoms with Gasteiger partial charge in [-0.15, -0.1) is 0 Å². The first-order valence-electron chi connectivity index (χ1n) is 11.0. The summed E-state index contributed by atoms with van der Waals surface area (Å²) in [7, 11) is 3.84. The van der Waals surface area contributed by atoms with Gasteiger partial charge in [-0.3, -0.25) is 9.67 Å². The maximum absolute atomic E-state index is 5.82. The van der Waals surface area contributed by atoms with Crippen LogP contribution in [-0.4, -0.2) is 53.9 Å². The second-order valence-electron chi connectivity index (χ2n) is 9.39. The molecule has 1 saturated heterocycles. The van der Waals surface area contributed by atoms with Crippen LogP contribution in [0.2, 0.25) is 0 Å². The predicted octanol–water partition coefficient (Wildman–Crippen LogP) is 3.80.